The van der Waals surface area contributed by atoms with Crippen molar-refractivity contribution in [2.75, 3.05) is 7.11 Å². The van der Waals surface area contributed by atoms with Crippen LogP contribution in [0.4, 0.5) is 5.69 Å². The van der Waals surface area contributed by atoms with E-state index < -0.39 is 0 Å². The number of esters is 1. The Balaban J connectivity index is 1.70. The SMILES string of the molecule is COC(=O)c1cccc(Cn2cc(C=Nc3cc(C)ccc3C)c3ccccc32)c1. The van der Waals surface area contributed by atoms with Crippen LogP contribution in [0.1, 0.15) is 32.6 Å². The van der Waals surface area contributed by atoms with E-state index >= 15 is 0 Å². The molecule has 0 unspecified atom stereocenters. The van der Waals surface area contributed by atoms with Gasteiger partial charge in [-0.25, -0.2) is 4.79 Å². The second-order valence-corrected chi connectivity index (χ2v) is 7.47. The summed E-state index contributed by atoms with van der Waals surface area (Å²) in [6.45, 7) is 4.80. The molecule has 0 atom stereocenters. The number of carbonyl (C=O) groups is 1. The summed E-state index contributed by atoms with van der Waals surface area (Å²) >= 11 is 0. The third-order valence-corrected chi connectivity index (χ3v) is 5.23. The van der Waals surface area contributed by atoms with Crippen LogP contribution in [0.25, 0.3) is 10.9 Å². The minimum Gasteiger partial charge on any atom is -0.465 e. The third-order valence-electron chi connectivity index (χ3n) is 5.23. The molecule has 4 nitrogen and oxygen atoms in total. The Bertz CT molecular complexity index is 1250. The number of methoxy groups -OCH3 is 1. The van der Waals surface area contributed by atoms with E-state index in [1.807, 2.05) is 36.5 Å². The molecule has 0 radical (unpaired) electrons. The standard InChI is InChI=1S/C26H24N2O2/c1-18-11-12-19(2)24(13-18)27-15-22-17-28(25-10-5-4-9-23(22)25)16-20-7-6-8-21(14-20)26(29)30-3/h4-15,17H,16H2,1-3H3. The van der Waals surface area contributed by atoms with Gasteiger partial charge in [0.2, 0.25) is 0 Å². The number of rotatable bonds is 5. The zero-order chi connectivity index (χ0) is 21.1. The number of ether oxygens (including phenoxy) is 1. The number of benzene rings is 3. The van der Waals surface area contributed by atoms with Crippen LogP contribution in [0.3, 0.4) is 0 Å². The molecule has 150 valence electrons. The maximum absolute atomic E-state index is 11.9. The molecular formula is C26H24N2O2. The summed E-state index contributed by atoms with van der Waals surface area (Å²) in [6.07, 6.45) is 4.05. The van der Waals surface area contributed by atoms with Gasteiger partial charge in [0, 0.05) is 35.4 Å². The summed E-state index contributed by atoms with van der Waals surface area (Å²) in [5.41, 5.74) is 7.12. The first-order valence-electron chi connectivity index (χ1n) is 9.91. The van der Waals surface area contributed by atoms with Gasteiger partial charge in [-0.3, -0.25) is 4.99 Å². The third kappa shape index (κ3) is 4.03. The first-order valence-corrected chi connectivity index (χ1v) is 9.91. The molecule has 4 heteroatoms. The van der Waals surface area contributed by atoms with Gasteiger partial charge in [0.1, 0.15) is 0 Å². The van der Waals surface area contributed by atoms with Gasteiger partial charge in [0.15, 0.2) is 0 Å². The molecule has 30 heavy (non-hydrogen) atoms. The minimum absolute atomic E-state index is 0.324. The van der Waals surface area contributed by atoms with Gasteiger partial charge in [-0.1, -0.05) is 42.5 Å². The topological polar surface area (TPSA) is 43.6 Å². The number of fused-ring (bicyclic) bond motifs is 1. The van der Waals surface area contributed by atoms with Crippen LogP contribution in [0.15, 0.2) is 77.9 Å². The number of aromatic nitrogens is 1. The van der Waals surface area contributed by atoms with E-state index in [0.717, 1.165) is 33.3 Å². The molecule has 0 bridgehead atoms. The number of para-hydroxylation sites is 1. The molecule has 0 aliphatic carbocycles. The molecule has 3 aromatic carbocycles. The molecule has 4 rings (SSSR count). The van der Waals surface area contributed by atoms with E-state index in [-0.39, 0.29) is 5.97 Å². The van der Waals surface area contributed by atoms with Crippen molar-refractivity contribution in [3.05, 3.63) is 101 Å². The highest BCUT2D eigenvalue weighted by Crippen LogP contribution is 2.24. The Labute approximate surface area is 176 Å². The van der Waals surface area contributed by atoms with Crippen LogP contribution in [-0.4, -0.2) is 23.9 Å². The minimum atomic E-state index is -0.324. The first-order chi connectivity index (χ1) is 14.5. The average molecular weight is 396 g/mol. The second-order valence-electron chi connectivity index (χ2n) is 7.47. The van der Waals surface area contributed by atoms with E-state index in [0.29, 0.717) is 12.1 Å². The number of hydrogen-bond donors (Lipinski definition) is 0. The predicted molar refractivity (Wildman–Crippen MR) is 122 cm³/mol. The number of aliphatic imine (C=N–C) groups is 1. The Morgan fingerprint density at radius 3 is 2.70 bits per heavy atom. The van der Waals surface area contributed by atoms with Gasteiger partial charge >= 0.3 is 5.97 Å². The van der Waals surface area contributed by atoms with Crippen molar-refractivity contribution in [1.82, 2.24) is 4.57 Å². The molecular weight excluding hydrogens is 372 g/mol. The lowest BCUT2D eigenvalue weighted by atomic mass is 10.1. The molecule has 0 N–H and O–H groups in total. The van der Waals surface area contributed by atoms with Gasteiger partial charge in [-0.15, -0.1) is 0 Å². The highest BCUT2D eigenvalue weighted by Gasteiger charge is 2.10. The van der Waals surface area contributed by atoms with Crippen LogP contribution in [0.5, 0.6) is 0 Å². The zero-order valence-electron chi connectivity index (χ0n) is 17.4. The summed E-state index contributed by atoms with van der Waals surface area (Å²) < 4.78 is 7.04. The molecule has 0 fully saturated rings. The molecule has 1 heterocycles. The van der Waals surface area contributed by atoms with Crippen LogP contribution in [0, 0.1) is 13.8 Å². The van der Waals surface area contributed by atoms with E-state index in [1.54, 1.807) is 6.07 Å². The largest absolute Gasteiger partial charge is 0.465 e. The number of carbonyl (C=O) groups excluding carboxylic acids is 1. The average Bonchev–Trinajstić information content (AvgIpc) is 3.11. The lowest BCUT2D eigenvalue weighted by Gasteiger charge is -2.07. The van der Waals surface area contributed by atoms with Crippen LogP contribution >= 0.6 is 0 Å². The fourth-order valence-corrected chi connectivity index (χ4v) is 3.62. The number of nitrogens with zero attached hydrogens (tertiary/aromatic N) is 2. The zero-order valence-corrected chi connectivity index (χ0v) is 17.4. The Morgan fingerprint density at radius 2 is 1.87 bits per heavy atom. The molecule has 0 saturated carbocycles. The second kappa shape index (κ2) is 8.37. The highest BCUT2D eigenvalue weighted by atomic mass is 16.5. The quantitative estimate of drug-likeness (QED) is 0.314. The van der Waals surface area contributed by atoms with Crippen molar-refractivity contribution < 1.29 is 9.53 Å². The van der Waals surface area contributed by atoms with Crippen LogP contribution in [0.2, 0.25) is 0 Å². The molecule has 0 aliphatic rings. The van der Waals surface area contributed by atoms with Gasteiger partial charge < -0.3 is 9.30 Å². The summed E-state index contributed by atoms with van der Waals surface area (Å²) in [7, 11) is 1.40. The fraction of sp³-hybridized carbons (Fsp3) is 0.154. The molecule has 1 aromatic heterocycles. The maximum atomic E-state index is 11.9. The van der Waals surface area contributed by atoms with Crippen LogP contribution in [-0.2, 0) is 11.3 Å². The van der Waals surface area contributed by atoms with Crippen molar-refractivity contribution in [3.8, 4) is 0 Å². The molecule has 0 spiro atoms. The smallest absolute Gasteiger partial charge is 0.337 e. The van der Waals surface area contributed by atoms with E-state index in [1.165, 1.54) is 12.7 Å². The van der Waals surface area contributed by atoms with Gasteiger partial charge in [-0.2, -0.15) is 0 Å². The van der Waals surface area contributed by atoms with Crippen LogP contribution < -0.4 is 0 Å². The summed E-state index contributed by atoms with van der Waals surface area (Å²) in [5, 5.41) is 1.15. The van der Waals surface area contributed by atoms with Crippen molar-refractivity contribution in [3.63, 3.8) is 0 Å². The molecule has 0 aliphatic heterocycles. The summed E-state index contributed by atoms with van der Waals surface area (Å²) in [5.74, 6) is -0.324. The molecule has 0 saturated heterocycles. The maximum Gasteiger partial charge on any atom is 0.337 e. The molecule has 0 amide bonds. The van der Waals surface area contributed by atoms with E-state index in [4.69, 9.17) is 9.73 Å². The summed E-state index contributed by atoms with van der Waals surface area (Å²) in [4.78, 5) is 16.6. The van der Waals surface area contributed by atoms with E-state index in [9.17, 15) is 4.79 Å². The van der Waals surface area contributed by atoms with Gasteiger partial charge in [-0.05, 0) is 54.8 Å². The van der Waals surface area contributed by atoms with Crippen molar-refractivity contribution in [2.24, 2.45) is 4.99 Å². The Morgan fingerprint density at radius 1 is 1.03 bits per heavy atom. The van der Waals surface area contributed by atoms with Crippen molar-refractivity contribution >= 4 is 28.8 Å². The Hall–Kier alpha value is -3.66. The lowest BCUT2D eigenvalue weighted by molar-refractivity contribution is 0.0600. The fourth-order valence-electron chi connectivity index (χ4n) is 3.62. The summed E-state index contributed by atoms with van der Waals surface area (Å²) in [6, 6.07) is 22.1. The first kappa shape index (κ1) is 19.6. The number of hydrogen-bond acceptors (Lipinski definition) is 3. The number of aryl methyl sites for hydroxylation is 2. The normalized spacial score (nSPS) is 11.3. The molecule has 4 aromatic rings. The lowest BCUT2D eigenvalue weighted by Crippen LogP contribution is -2.03. The van der Waals surface area contributed by atoms with Gasteiger partial charge in [0.25, 0.3) is 0 Å². The van der Waals surface area contributed by atoms with E-state index in [2.05, 4.69) is 54.9 Å². The van der Waals surface area contributed by atoms with Crippen molar-refractivity contribution in [1.29, 1.82) is 0 Å². The van der Waals surface area contributed by atoms with Gasteiger partial charge in [0.05, 0.1) is 18.4 Å². The van der Waals surface area contributed by atoms with Crippen molar-refractivity contribution in [2.45, 2.75) is 20.4 Å². The Kier molecular flexibility index (Phi) is 5.48. The monoisotopic (exact) mass is 396 g/mol. The highest BCUT2D eigenvalue weighted by molar-refractivity contribution is 6.00. The predicted octanol–water partition coefficient (Wildman–Crippen LogP) is 5.84.